The molecule has 2 aromatic heterocycles. The van der Waals surface area contributed by atoms with E-state index in [1.54, 1.807) is 11.6 Å². The second kappa shape index (κ2) is 6.66. The summed E-state index contributed by atoms with van der Waals surface area (Å²) in [6.07, 6.45) is 0. The first-order valence-corrected chi connectivity index (χ1v) is 7.51. The van der Waals surface area contributed by atoms with Gasteiger partial charge in [-0.3, -0.25) is 5.32 Å². The van der Waals surface area contributed by atoms with E-state index in [1.165, 1.54) is 0 Å². The molecule has 0 aliphatic rings. The average Bonchev–Trinajstić information content (AvgIpc) is 3.17. The van der Waals surface area contributed by atoms with Crippen LogP contribution in [0, 0.1) is 12.8 Å². The Balaban J connectivity index is 1.76. The number of para-hydroxylation sites is 1. The Kier molecular flexibility index (Phi) is 4.42. The van der Waals surface area contributed by atoms with Crippen LogP contribution in [0.2, 0.25) is 0 Å². The fraction of sp³-hybridized carbons (Fsp3) is 0.400. The number of hydrogen-bond acceptors (Lipinski definition) is 7. The van der Waals surface area contributed by atoms with Gasteiger partial charge in [0.1, 0.15) is 0 Å². The number of hydrogen-bond donors (Lipinski definition) is 1. The molecule has 23 heavy (non-hydrogen) atoms. The lowest BCUT2D eigenvalue weighted by Crippen LogP contribution is -2.27. The van der Waals surface area contributed by atoms with Crippen molar-refractivity contribution in [3.8, 4) is 5.69 Å². The molecular formula is C15H19N7O. The molecule has 0 radical (unpaired) electrons. The van der Waals surface area contributed by atoms with Gasteiger partial charge in [-0.2, -0.15) is 9.67 Å². The van der Waals surface area contributed by atoms with Crippen molar-refractivity contribution in [1.29, 1.82) is 0 Å². The maximum atomic E-state index is 5.29. The predicted octanol–water partition coefficient (Wildman–Crippen LogP) is 1.84. The van der Waals surface area contributed by atoms with E-state index < -0.39 is 0 Å². The second-order valence-electron chi connectivity index (χ2n) is 5.62. The standard InChI is InChI=1S/C15H19N7O/c1-10(2)14(15-17-11(3)19-23-15)16-9-13-18-20-21-22(13)12-7-5-4-6-8-12/h4-8,10,14,16H,9H2,1-3H3/t14-/m1/s1. The molecule has 0 saturated carbocycles. The van der Waals surface area contributed by atoms with E-state index in [0.29, 0.717) is 18.3 Å². The van der Waals surface area contributed by atoms with Crippen molar-refractivity contribution in [3.05, 3.63) is 47.9 Å². The smallest absolute Gasteiger partial charge is 0.244 e. The normalized spacial score (nSPS) is 12.7. The third-order valence-electron chi connectivity index (χ3n) is 3.49. The summed E-state index contributed by atoms with van der Waals surface area (Å²) in [4.78, 5) is 4.31. The summed E-state index contributed by atoms with van der Waals surface area (Å²) < 4.78 is 7.00. The predicted molar refractivity (Wildman–Crippen MR) is 82.6 cm³/mol. The summed E-state index contributed by atoms with van der Waals surface area (Å²) in [5, 5.41) is 19.2. The van der Waals surface area contributed by atoms with Crippen LogP contribution in [0.15, 0.2) is 34.9 Å². The molecular weight excluding hydrogens is 294 g/mol. The van der Waals surface area contributed by atoms with Crippen molar-refractivity contribution in [2.45, 2.75) is 33.4 Å². The van der Waals surface area contributed by atoms with E-state index in [-0.39, 0.29) is 12.0 Å². The van der Waals surface area contributed by atoms with Crippen molar-refractivity contribution < 1.29 is 4.52 Å². The van der Waals surface area contributed by atoms with E-state index in [4.69, 9.17) is 4.52 Å². The van der Waals surface area contributed by atoms with Gasteiger partial charge in [-0.05, 0) is 35.4 Å². The fourth-order valence-electron chi connectivity index (χ4n) is 2.33. The van der Waals surface area contributed by atoms with Crippen LogP contribution < -0.4 is 5.32 Å². The molecule has 1 N–H and O–H groups in total. The van der Waals surface area contributed by atoms with Crippen molar-refractivity contribution in [3.63, 3.8) is 0 Å². The van der Waals surface area contributed by atoms with Gasteiger partial charge in [0.25, 0.3) is 0 Å². The molecule has 0 fully saturated rings. The highest BCUT2D eigenvalue weighted by molar-refractivity contribution is 5.30. The van der Waals surface area contributed by atoms with Crippen LogP contribution in [0.3, 0.4) is 0 Å². The zero-order valence-electron chi connectivity index (χ0n) is 13.3. The lowest BCUT2D eigenvalue weighted by atomic mass is 10.0. The molecule has 3 rings (SSSR count). The molecule has 1 atom stereocenters. The molecule has 0 bridgehead atoms. The first-order valence-electron chi connectivity index (χ1n) is 7.51. The number of aromatic nitrogens is 6. The Morgan fingerprint density at radius 2 is 2.00 bits per heavy atom. The summed E-state index contributed by atoms with van der Waals surface area (Å²) in [5.41, 5.74) is 0.920. The van der Waals surface area contributed by atoms with Gasteiger partial charge in [0, 0.05) is 0 Å². The van der Waals surface area contributed by atoms with Crippen LogP contribution >= 0.6 is 0 Å². The number of nitrogens with one attached hydrogen (secondary N) is 1. The number of rotatable bonds is 6. The highest BCUT2D eigenvalue weighted by Crippen LogP contribution is 2.20. The van der Waals surface area contributed by atoms with E-state index in [0.717, 1.165) is 11.5 Å². The third kappa shape index (κ3) is 3.42. The van der Waals surface area contributed by atoms with Crippen molar-refractivity contribution in [2.24, 2.45) is 5.92 Å². The summed E-state index contributed by atoms with van der Waals surface area (Å²) >= 11 is 0. The minimum Gasteiger partial charge on any atom is -0.338 e. The fourth-order valence-corrected chi connectivity index (χ4v) is 2.33. The van der Waals surface area contributed by atoms with Crippen LogP contribution in [0.4, 0.5) is 0 Å². The Morgan fingerprint density at radius 1 is 1.22 bits per heavy atom. The molecule has 2 heterocycles. The summed E-state index contributed by atoms with van der Waals surface area (Å²) in [6.45, 7) is 6.49. The maximum Gasteiger partial charge on any atom is 0.244 e. The molecule has 0 amide bonds. The molecule has 120 valence electrons. The highest BCUT2D eigenvalue weighted by Gasteiger charge is 2.22. The van der Waals surface area contributed by atoms with Gasteiger partial charge in [0.2, 0.25) is 5.89 Å². The molecule has 0 unspecified atom stereocenters. The van der Waals surface area contributed by atoms with Crippen LogP contribution in [0.25, 0.3) is 5.69 Å². The topological polar surface area (TPSA) is 94.5 Å². The van der Waals surface area contributed by atoms with Crippen LogP contribution in [0.1, 0.15) is 37.4 Å². The number of nitrogens with zero attached hydrogens (tertiary/aromatic N) is 6. The van der Waals surface area contributed by atoms with Gasteiger partial charge < -0.3 is 4.52 Å². The lowest BCUT2D eigenvalue weighted by Gasteiger charge is -2.18. The van der Waals surface area contributed by atoms with Gasteiger partial charge in [-0.15, -0.1) is 5.10 Å². The van der Waals surface area contributed by atoms with Crippen LogP contribution in [-0.4, -0.2) is 30.3 Å². The number of benzene rings is 1. The third-order valence-corrected chi connectivity index (χ3v) is 3.49. The lowest BCUT2D eigenvalue weighted by molar-refractivity contribution is 0.285. The molecule has 3 aromatic rings. The minimum atomic E-state index is -0.0582. The SMILES string of the molecule is Cc1noc([C@H](NCc2nnnn2-c2ccccc2)C(C)C)n1. The zero-order valence-corrected chi connectivity index (χ0v) is 13.3. The molecule has 8 nitrogen and oxygen atoms in total. The van der Waals surface area contributed by atoms with Gasteiger partial charge in [-0.25, -0.2) is 0 Å². The Morgan fingerprint density at radius 3 is 2.65 bits per heavy atom. The second-order valence-corrected chi connectivity index (χ2v) is 5.62. The molecule has 0 saturated heterocycles. The largest absolute Gasteiger partial charge is 0.338 e. The zero-order chi connectivity index (χ0) is 16.2. The summed E-state index contributed by atoms with van der Waals surface area (Å²) in [7, 11) is 0. The van der Waals surface area contributed by atoms with Gasteiger partial charge in [-0.1, -0.05) is 37.2 Å². The van der Waals surface area contributed by atoms with Gasteiger partial charge >= 0.3 is 0 Å². The molecule has 0 spiro atoms. The number of aryl methyl sites for hydroxylation is 1. The molecule has 0 aliphatic heterocycles. The van der Waals surface area contributed by atoms with Crippen molar-refractivity contribution >= 4 is 0 Å². The first kappa shape index (κ1) is 15.3. The van der Waals surface area contributed by atoms with Gasteiger partial charge in [0.05, 0.1) is 18.3 Å². The maximum absolute atomic E-state index is 5.29. The van der Waals surface area contributed by atoms with E-state index in [1.807, 2.05) is 30.3 Å². The van der Waals surface area contributed by atoms with Crippen LogP contribution in [0.5, 0.6) is 0 Å². The minimum absolute atomic E-state index is 0.0582. The number of tetrazole rings is 1. The quantitative estimate of drug-likeness (QED) is 0.742. The van der Waals surface area contributed by atoms with Crippen molar-refractivity contribution in [1.82, 2.24) is 35.7 Å². The molecule has 1 aromatic carbocycles. The molecule has 0 aliphatic carbocycles. The van der Waals surface area contributed by atoms with Crippen molar-refractivity contribution in [2.75, 3.05) is 0 Å². The Hall–Kier alpha value is -2.61. The van der Waals surface area contributed by atoms with E-state index in [9.17, 15) is 0 Å². The average molecular weight is 313 g/mol. The first-order chi connectivity index (χ1) is 11.1. The Bertz CT molecular complexity index is 750. The van der Waals surface area contributed by atoms with Gasteiger partial charge in [0.15, 0.2) is 11.6 Å². The molecule has 8 heteroatoms. The summed E-state index contributed by atoms with van der Waals surface area (Å²) in [5.74, 6) is 2.21. The highest BCUT2D eigenvalue weighted by atomic mass is 16.5. The van der Waals surface area contributed by atoms with E-state index in [2.05, 4.69) is 44.8 Å². The monoisotopic (exact) mass is 313 g/mol. The van der Waals surface area contributed by atoms with Crippen LogP contribution in [-0.2, 0) is 6.54 Å². The summed E-state index contributed by atoms with van der Waals surface area (Å²) in [6, 6.07) is 9.72. The Labute approximate surface area is 133 Å². The van der Waals surface area contributed by atoms with E-state index >= 15 is 0 Å².